The van der Waals surface area contributed by atoms with Crippen molar-refractivity contribution >= 4 is 9.04 Å². The molecule has 0 heterocycles. The Bertz CT molecular complexity index is 1130. The summed E-state index contributed by atoms with van der Waals surface area (Å²) in [7, 11) is -1.34. The number of hydrogen-bond donors (Lipinski definition) is 0. The highest BCUT2D eigenvalue weighted by atomic mass is 28.3. The topological polar surface area (TPSA) is 9.23 Å². The van der Waals surface area contributed by atoms with Gasteiger partial charge in [0.2, 0.25) is 9.04 Å². The fourth-order valence-corrected chi connectivity index (χ4v) is 5.97. The van der Waals surface area contributed by atoms with E-state index >= 15 is 0 Å². The van der Waals surface area contributed by atoms with Crippen molar-refractivity contribution in [1.29, 1.82) is 0 Å². The maximum absolute atomic E-state index is 6.79. The molecule has 0 saturated heterocycles. The summed E-state index contributed by atoms with van der Waals surface area (Å²) in [6, 6.07) is 22.0. The SMILES string of the molecule is Cc1c(C)c(C)c(C(C2=CC=CC2)(c2ccccc2)c2ccccc2)c(O[SiH](C)C)c1C. The van der Waals surface area contributed by atoms with Crippen LogP contribution in [-0.4, -0.2) is 9.04 Å². The summed E-state index contributed by atoms with van der Waals surface area (Å²) in [5, 5.41) is 0. The summed E-state index contributed by atoms with van der Waals surface area (Å²) >= 11 is 0. The van der Waals surface area contributed by atoms with E-state index in [1.165, 1.54) is 44.5 Å². The van der Waals surface area contributed by atoms with Gasteiger partial charge in [-0.2, -0.15) is 0 Å². The second-order valence-electron chi connectivity index (χ2n) is 9.18. The lowest BCUT2D eigenvalue weighted by Gasteiger charge is -2.41. The summed E-state index contributed by atoms with van der Waals surface area (Å²) in [4.78, 5) is 0. The number of rotatable bonds is 6. The smallest absolute Gasteiger partial charge is 0.229 e. The van der Waals surface area contributed by atoms with Crippen LogP contribution in [0, 0.1) is 27.7 Å². The van der Waals surface area contributed by atoms with Crippen LogP contribution in [0.3, 0.4) is 0 Å². The standard InChI is InChI=1S/C30H34OSi/c1-21-22(2)24(4)29(31-32(5)6)28(23(21)3)30(27-19-13-14-20-27,25-15-9-7-10-16-25)26-17-11-8-12-18-26/h7-19,32H,20H2,1-6H3. The van der Waals surface area contributed by atoms with Crippen LogP contribution in [0.5, 0.6) is 5.75 Å². The van der Waals surface area contributed by atoms with Crippen molar-refractivity contribution in [1.82, 2.24) is 0 Å². The Kier molecular flexibility index (Phi) is 6.26. The highest BCUT2D eigenvalue weighted by molar-refractivity contribution is 6.49. The van der Waals surface area contributed by atoms with Crippen molar-refractivity contribution in [2.75, 3.05) is 0 Å². The monoisotopic (exact) mass is 438 g/mol. The summed E-state index contributed by atoms with van der Waals surface area (Å²) in [6.07, 6.45) is 7.74. The van der Waals surface area contributed by atoms with Gasteiger partial charge in [-0.3, -0.25) is 0 Å². The normalized spacial score (nSPS) is 13.5. The van der Waals surface area contributed by atoms with Gasteiger partial charge < -0.3 is 4.43 Å². The Hall–Kier alpha value is -2.84. The molecule has 1 aliphatic rings. The molecule has 0 radical (unpaired) electrons. The van der Waals surface area contributed by atoms with Gasteiger partial charge >= 0.3 is 0 Å². The van der Waals surface area contributed by atoms with E-state index in [0.29, 0.717) is 0 Å². The Morgan fingerprint density at radius 3 is 1.72 bits per heavy atom. The van der Waals surface area contributed by atoms with Crippen LogP contribution in [0.15, 0.2) is 84.5 Å². The van der Waals surface area contributed by atoms with Crippen LogP contribution in [0.2, 0.25) is 13.1 Å². The lowest BCUT2D eigenvalue weighted by Crippen LogP contribution is -2.34. The largest absolute Gasteiger partial charge is 0.547 e. The van der Waals surface area contributed by atoms with Crippen molar-refractivity contribution in [2.45, 2.75) is 52.6 Å². The predicted molar refractivity (Wildman–Crippen MR) is 140 cm³/mol. The van der Waals surface area contributed by atoms with Crippen molar-refractivity contribution in [2.24, 2.45) is 0 Å². The molecule has 0 aromatic heterocycles. The van der Waals surface area contributed by atoms with Gasteiger partial charge in [-0.1, -0.05) is 78.9 Å². The molecule has 0 amide bonds. The van der Waals surface area contributed by atoms with Crippen LogP contribution < -0.4 is 4.43 Å². The molecule has 3 aromatic rings. The molecule has 32 heavy (non-hydrogen) atoms. The van der Waals surface area contributed by atoms with Gasteiger partial charge in [0, 0.05) is 5.56 Å². The van der Waals surface area contributed by atoms with Gasteiger partial charge in [-0.05, 0) is 86.2 Å². The van der Waals surface area contributed by atoms with Crippen molar-refractivity contribution in [3.63, 3.8) is 0 Å². The van der Waals surface area contributed by atoms with E-state index in [0.717, 1.165) is 12.2 Å². The number of hydrogen-bond acceptors (Lipinski definition) is 1. The highest BCUT2D eigenvalue weighted by Crippen LogP contribution is 2.53. The van der Waals surface area contributed by atoms with Gasteiger partial charge in [0.15, 0.2) is 0 Å². The second kappa shape index (κ2) is 8.95. The minimum atomic E-state index is -1.34. The van der Waals surface area contributed by atoms with E-state index in [9.17, 15) is 0 Å². The van der Waals surface area contributed by atoms with Crippen molar-refractivity contribution < 1.29 is 4.43 Å². The van der Waals surface area contributed by atoms with Crippen LogP contribution in [0.25, 0.3) is 0 Å². The molecule has 1 aliphatic carbocycles. The van der Waals surface area contributed by atoms with Gasteiger partial charge in [-0.25, -0.2) is 0 Å². The quantitative estimate of drug-likeness (QED) is 0.286. The number of allylic oxidation sites excluding steroid dienone is 4. The van der Waals surface area contributed by atoms with Crippen molar-refractivity contribution in [3.8, 4) is 5.75 Å². The molecule has 0 bridgehead atoms. The molecule has 1 nitrogen and oxygen atoms in total. The molecule has 164 valence electrons. The molecule has 0 unspecified atom stereocenters. The van der Waals surface area contributed by atoms with Crippen LogP contribution >= 0.6 is 0 Å². The van der Waals surface area contributed by atoms with E-state index in [1.807, 2.05) is 0 Å². The van der Waals surface area contributed by atoms with Crippen LogP contribution in [-0.2, 0) is 5.41 Å². The molecular weight excluding hydrogens is 404 g/mol. The minimum Gasteiger partial charge on any atom is -0.547 e. The second-order valence-corrected chi connectivity index (χ2v) is 11.5. The Morgan fingerprint density at radius 2 is 1.25 bits per heavy atom. The minimum absolute atomic E-state index is 0.405. The lowest BCUT2D eigenvalue weighted by atomic mass is 9.62. The van der Waals surface area contributed by atoms with Crippen LogP contribution in [0.4, 0.5) is 0 Å². The predicted octanol–water partition coefficient (Wildman–Crippen LogP) is 7.50. The molecule has 0 atom stereocenters. The summed E-state index contributed by atoms with van der Waals surface area (Å²) in [6.45, 7) is 13.5. The van der Waals surface area contributed by atoms with Gasteiger partial charge in [0.25, 0.3) is 0 Å². The summed E-state index contributed by atoms with van der Waals surface area (Å²) in [5.41, 5.74) is 10.2. The first-order chi connectivity index (χ1) is 15.4. The molecule has 0 aliphatic heterocycles. The zero-order valence-corrected chi connectivity index (χ0v) is 21.4. The highest BCUT2D eigenvalue weighted by Gasteiger charge is 2.44. The molecule has 0 N–H and O–H groups in total. The zero-order chi connectivity index (χ0) is 22.9. The first-order valence-corrected chi connectivity index (χ1v) is 14.4. The van der Waals surface area contributed by atoms with E-state index in [-0.39, 0.29) is 0 Å². The van der Waals surface area contributed by atoms with Gasteiger partial charge in [0.05, 0.1) is 5.41 Å². The summed E-state index contributed by atoms with van der Waals surface area (Å²) in [5.74, 6) is 1.09. The third-order valence-electron chi connectivity index (χ3n) is 7.03. The van der Waals surface area contributed by atoms with Crippen molar-refractivity contribution in [3.05, 3.63) is 123 Å². The average Bonchev–Trinajstić information content (AvgIpc) is 3.35. The third-order valence-corrected chi connectivity index (χ3v) is 7.73. The van der Waals surface area contributed by atoms with Gasteiger partial charge in [-0.15, -0.1) is 0 Å². The first kappa shape index (κ1) is 22.4. The van der Waals surface area contributed by atoms with Gasteiger partial charge in [0.1, 0.15) is 5.75 Å². The fraction of sp³-hybridized carbons (Fsp3) is 0.267. The van der Waals surface area contributed by atoms with Crippen LogP contribution in [0.1, 0.15) is 45.4 Å². The first-order valence-electron chi connectivity index (χ1n) is 11.6. The Labute approximate surface area is 195 Å². The van der Waals surface area contributed by atoms with E-state index in [1.54, 1.807) is 0 Å². The Morgan fingerprint density at radius 1 is 0.719 bits per heavy atom. The Balaban J connectivity index is 2.23. The average molecular weight is 439 g/mol. The maximum Gasteiger partial charge on any atom is 0.229 e. The lowest BCUT2D eigenvalue weighted by molar-refractivity contribution is 0.545. The number of benzene rings is 3. The molecule has 3 aromatic carbocycles. The molecule has 0 saturated carbocycles. The summed E-state index contributed by atoms with van der Waals surface area (Å²) < 4.78 is 6.79. The molecular formula is C30H34OSi. The fourth-order valence-electron chi connectivity index (χ4n) is 5.20. The van der Waals surface area contributed by atoms with E-state index in [4.69, 9.17) is 4.43 Å². The zero-order valence-electron chi connectivity index (χ0n) is 20.2. The molecule has 2 heteroatoms. The molecule has 0 fully saturated rings. The third kappa shape index (κ3) is 3.57. The molecule has 4 rings (SSSR count). The maximum atomic E-state index is 6.79. The van der Waals surface area contributed by atoms with E-state index in [2.05, 4.69) is 120 Å². The molecule has 0 spiro atoms. The van der Waals surface area contributed by atoms with E-state index < -0.39 is 14.5 Å².